The summed E-state index contributed by atoms with van der Waals surface area (Å²) in [6.07, 6.45) is 4.27. The van der Waals surface area contributed by atoms with Crippen LogP contribution in [0.3, 0.4) is 0 Å². The van der Waals surface area contributed by atoms with E-state index in [1.165, 1.54) is 0 Å². The Balaban J connectivity index is 2.00. The summed E-state index contributed by atoms with van der Waals surface area (Å²) in [5.74, 6) is 2.48. The van der Waals surface area contributed by atoms with Gasteiger partial charge >= 0.3 is 6.09 Å². The topological polar surface area (TPSA) is 74.6 Å². The lowest BCUT2D eigenvalue weighted by Gasteiger charge is -2.24. The van der Waals surface area contributed by atoms with Crippen molar-refractivity contribution in [1.82, 2.24) is 14.9 Å². The van der Waals surface area contributed by atoms with E-state index in [1.807, 2.05) is 64.1 Å². The second kappa shape index (κ2) is 13.4. The highest BCUT2D eigenvalue weighted by atomic mass is 16.6. The number of nitrogens with one attached hydrogen (secondary N) is 1. The number of carbonyl (C=O) groups excluding carboxylic acids is 1. The molecule has 0 bridgehead atoms. The van der Waals surface area contributed by atoms with E-state index in [0.717, 1.165) is 66.1 Å². The molecule has 7 nitrogen and oxygen atoms in total. The van der Waals surface area contributed by atoms with Gasteiger partial charge in [0, 0.05) is 19.0 Å². The summed E-state index contributed by atoms with van der Waals surface area (Å²) >= 11 is 0. The van der Waals surface area contributed by atoms with E-state index in [9.17, 15) is 4.79 Å². The molecule has 0 aliphatic heterocycles. The van der Waals surface area contributed by atoms with Crippen LogP contribution in [0.5, 0.6) is 11.5 Å². The monoisotopic (exact) mass is 509 g/mol. The van der Waals surface area contributed by atoms with Crippen molar-refractivity contribution < 1.29 is 19.0 Å². The minimum absolute atomic E-state index is 0.374. The number of aryl methyl sites for hydroxylation is 1. The quantitative estimate of drug-likeness (QED) is 0.246. The Bertz CT molecular complexity index is 1130. The number of hydrogen-bond acceptors (Lipinski definition) is 5. The van der Waals surface area contributed by atoms with E-state index < -0.39 is 11.7 Å². The maximum Gasteiger partial charge on any atom is 0.408 e. The molecule has 0 unspecified atom stereocenters. The number of aromatic nitrogens is 2. The third-order valence-corrected chi connectivity index (χ3v) is 5.93. The molecule has 202 valence electrons. The Morgan fingerprint density at radius 2 is 1.68 bits per heavy atom. The highest BCUT2D eigenvalue weighted by Gasteiger charge is 2.26. The Hall–Kier alpha value is -3.22. The molecule has 0 spiro atoms. The molecule has 0 aliphatic rings. The molecule has 3 aromatic rings. The van der Waals surface area contributed by atoms with E-state index in [0.29, 0.717) is 19.6 Å². The fourth-order valence-electron chi connectivity index (χ4n) is 4.14. The fourth-order valence-corrected chi connectivity index (χ4v) is 4.14. The molecular weight excluding hydrogens is 466 g/mol. The largest absolute Gasteiger partial charge is 0.494 e. The van der Waals surface area contributed by atoms with Gasteiger partial charge in [-0.15, -0.1) is 0 Å². The van der Waals surface area contributed by atoms with Crippen LogP contribution in [0.25, 0.3) is 11.0 Å². The first-order valence-electron chi connectivity index (χ1n) is 13.6. The molecule has 0 fully saturated rings. The molecule has 1 N–H and O–H groups in total. The lowest BCUT2D eigenvalue weighted by atomic mass is 10.0. The number of ether oxygens (including phenoxy) is 3. The summed E-state index contributed by atoms with van der Waals surface area (Å²) in [6, 6.07) is 13.7. The molecular formula is C30H43N3O4. The van der Waals surface area contributed by atoms with Gasteiger partial charge < -0.3 is 24.1 Å². The Morgan fingerprint density at radius 1 is 0.973 bits per heavy atom. The zero-order chi connectivity index (χ0) is 26.8. The van der Waals surface area contributed by atoms with E-state index in [1.54, 1.807) is 0 Å². The maximum atomic E-state index is 12.9. The third-order valence-electron chi connectivity index (χ3n) is 5.93. The van der Waals surface area contributed by atoms with Crippen LogP contribution in [0, 0.1) is 0 Å². The first-order chi connectivity index (χ1) is 17.7. The second-order valence-corrected chi connectivity index (χ2v) is 10.3. The molecule has 2 aromatic carbocycles. The van der Waals surface area contributed by atoms with Crippen LogP contribution in [0.4, 0.5) is 4.79 Å². The summed E-state index contributed by atoms with van der Waals surface area (Å²) in [6.45, 7) is 14.0. The number of unbranched alkanes of at least 4 members (excludes halogenated alkanes) is 2. The van der Waals surface area contributed by atoms with Gasteiger partial charge in [-0.3, -0.25) is 0 Å². The summed E-state index contributed by atoms with van der Waals surface area (Å²) < 4.78 is 19.4. The van der Waals surface area contributed by atoms with Crippen LogP contribution in [-0.2, 0) is 17.7 Å². The fraction of sp³-hybridized carbons (Fsp3) is 0.533. The van der Waals surface area contributed by atoms with Gasteiger partial charge in [0.1, 0.15) is 22.9 Å². The standard InChI is InChI=1S/C30H43N3O4/c1-7-10-18-33-27-21-24(36-19-11-8-2)16-17-25(27)31-28(33)26(32-29(34)37-30(4,5)6)20-22-12-14-23(15-13-22)35-9-3/h12-17,21,26H,7-11,18-20H2,1-6H3,(H,32,34)/t26-/m1/s1. The van der Waals surface area contributed by atoms with Crippen molar-refractivity contribution in [3.8, 4) is 11.5 Å². The number of rotatable bonds is 13. The molecule has 1 amide bonds. The smallest absolute Gasteiger partial charge is 0.408 e. The molecule has 37 heavy (non-hydrogen) atoms. The summed E-state index contributed by atoms with van der Waals surface area (Å²) in [7, 11) is 0. The van der Waals surface area contributed by atoms with Gasteiger partial charge in [-0.25, -0.2) is 9.78 Å². The molecule has 0 saturated carbocycles. The van der Waals surface area contributed by atoms with Crippen molar-refractivity contribution >= 4 is 17.1 Å². The summed E-state index contributed by atoms with van der Waals surface area (Å²) in [5.41, 5.74) is 2.37. The number of hydrogen-bond donors (Lipinski definition) is 1. The molecule has 0 saturated heterocycles. The lowest BCUT2D eigenvalue weighted by Crippen LogP contribution is -2.37. The van der Waals surface area contributed by atoms with Crippen LogP contribution in [0.2, 0.25) is 0 Å². The zero-order valence-corrected chi connectivity index (χ0v) is 23.3. The predicted octanol–water partition coefficient (Wildman–Crippen LogP) is 7.22. The Kier molecular flexibility index (Phi) is 10.2. The highest BCUT2D eigenvalue weighted by molar-refractivity contribution is 5.78. The van der Waals surface area contributed by atoms with E-state index in [-0.39, 0.29) is 6.04 Å². The van der Waals surface area contributed by atoms with E-state index in [2.05, 4.69) is 29.8 Å². The van der Waals surface area contributed by atoms with E-state index >= 15 is 0 Å². The molecule has 1 aromatic heterocycles. The number of benzene rings is 2. The van der Waals surface area contributed by atoms with Crippen LogP contribution in [-0.4, -0.2) is 34.5 Å². The summed E-state index contributed by atoms with van der Waals surface area (Å²) in [4.78, 5) is 17.9. The molecule has 0 radical (unpaired) electrons. The number of nitrogens with zero attached hydrogens (tertiary/aromatic N) is 2. The van der Waals surface area contributed by atoms with Gasteiger partial charge in [-0.2, -0.15) is 0 Å². The third kappa shape index (κ3) is 8.41. The van der Waals surface area contributed by atoms with Crippen molar-refractivity contribution in [3.05, 3.63) is 53.9 Å². The molecule has 7 heteroatoms. The summed E-state index contributed by atoms with van der Waals surface area (Å²) in [5, 5.41) is 3.11. The van der Waals surface area contributed by atoms with Crippen molar-refractivity contribution in [2.24, 2.45) is 0 Å². The van der Waals surface area contributed by atoms with E-state index in [4.69, 9.17) is 19.2 Å². The SMILES string of the molecule is CCCCOc1ccc2nc([C@@H](Cc3ccc(OCC)cc3)NC(=O)OC(C)(C)C)n(CCCC)c2c1. The van der Waals surface area contributed by atoms with Crippen molar-refractivity contribution in [2.45, 2.75) is 91.8 Å². The highest BCUT2D eigenvalue weighted by Crippen LogP contribution is 2.28. The van der Waals surface area contributed by atoms with Crippen molar-refractivity contribution in [3.63, 3.8) is 0 Å². The minimum atomic E-state index is -0.596. The van der Waals surface area contributed by atoms with Gasteiger partial charge in [0.25, 0.3) is 0 Å². The Morgan fingerprint density at radius 3 is 2.32 bits per heavy atom. The van der Waals surface area contributed by atoms with Crippen molar-refractivity contribution in [1.29, 1.82) is 0 Å². The number of amides is 1. The van der Waals surface area contributed by atoms with Gasteiger partial charge in [-0.1, -0.05) is 38.8 Å². The van der Waals surface area contributed by atoms with Crippen LogP contribution >= 0.6 is 0 Å². The number of imidazole rings is 1. The molecule has 1 heterocycles. The first-order valence-corrected chi connectivity index (χ1v) is 13.6. The van der Waals surface area contributed by atoms with Crippen LogP contribution in [0.1, 0.15) is 84.7 Å². The lowest BCUT2D eigenvalue weighted by molar-refractivity contribution is 0.0500. The van der Waals surface area contributed by atoms with Gasteiger partial charge in [0.15, 0.2) is 0 Å². The number of alkyl carbamates (subject to hydrolysis) is 1. The second-order valence-electron chi connectivity index (χ2n) is 10.3. The number of carbonyl (C=O) groups is 1. The zero-order valence-electron chi connectivity index (χ0n) is 23.3. The number of fused-ring (bicyclic) bond motifs is 1. The predicted molar refractivity (Wildman–Crippen MR) is 148 cm³/mol. The Labute approximate surface area is 221 Å². The average molecular weight is 510 g/mol. The van der Waals surface area contributed by atoms with Gasteiger partial charge in [-0.05, 0) is 70.4 Å². The van der Waals surface area contributed by atoms with Gasteiger partial charge in [0.05, 0.1) is 30.3 Å². The molecule has 0 aliphatic carbocycles. The van der Waals surface area contributed by atoms with Gasteiger partial charge in [0.2, 0.25) is 0 Å². The van der Waals surface area contributed by atoms with Crippen LogP contribution < -0.4 is 14.8 Å². The maximum absolute atomic E-state index is 12.9. The van der Waals surface area contributed by atoms with Crippen molar-refractivity contribution in [2.75, 3.05) is 13.2 Å². The first kappa shape index (κ1) is 28.4. The molecule has 1 atom stereocenters. The molecule has 3 rings (SSSR count). The normalized spacial score (nSPS) is 12.4. The minimum Gasteiger partial charge on any atom is -0.494 e. The average Bonchev–Trinajstić information content (AvgIpc) is 3.20. The van der Waals surface area contributed by atoms with Crippen LogP contribution in [0.15, 0.2) is 42.5 Å².